The van der Waals surface area contributed by atoms with Crippen LogP contribution in [0.15, 0.2) is 24.3 Å². The lowest BCUT2D eigenvalue weighted by Gasteiger charge is -2.29. The van der Waals surface area contributed by atoms with Gasteiger partial charge in [0, 0.05) is 11.1 Å². The van der Waals surface area contributed by atoms with E-state index in [1.165, 1.54) is 25.7 Å². The van der Waals surface area contributed by atoms with Crippen molar-refractivity contribution in [1.82, 2.24) is 0 Å². The highest BCUT2D eigenvalue weighted by molar-refractivity contribution is 5.79. The summed E-state index contributed by atoms with van der Waals surface area (Å²) < 4.78 is 62.0. The Hall–Kier alpha value is -2.10. The van der Waals surface area contributed by atoms with Gasteiger partial charge in [-0.2, -0.15) is 0 Å². The molecule has 0 aromatic heterocycles. The number of halogens is 4. The van der Waals surface area contributed by atoms with Gasteiger partial charge >= 0.3 is 0 Å². The quantitative estimate of drug-likeness (QED) is 0.144. The minimum Gasteiger partial charge on any atom is -0.203 e. The molecule has 0 saturated heterocycles. The first-order chi connectivity index (χ1) is 18.9. The minimum absolute atomic E-state index is 0.00363. The van der Waals surface area contributed by atoms with Crippen molar-refractivity contribution in [3.63, 3.8) is 0 Å². The predicted octanol–water partition coefficient (Wildman–Crippen LogP) is 11.3. The lowest BCUT2D eigenvalue weighted by molar-refractivity contribution is 0.298. The van der Waals surface area contributed by atoms with E-state index >= 15 is 17.6 Å². The summed E-state index contributed by atoms with van der Waals surface area (Å²) in [7, 11) is 0. The molecule has 0 bridgehead atoms. The summed E-state index contributed by atoms with van der Waals surface area (Å²) in [5.41, 5.74) is 1.94. The molecule has 0 atom stereocenters. The molecular formula is C35H44F4. The van der Waals surface area contributed by atoms with Crippen LogP contribution in [0, 0.1) is 35.1 Å². The molecule has 3 aliphatic rings. The van der Waals surface area contributed by atoms with Crippen LogP contribution in [-0.4, -0.2) is 0 Å². The predicted molar refractivity (Wildman–Crippen MR) is 152 cm³/mol. The molecule has 2 fully saturated rings. The maximum atomic E-state index is 15.5. The number of allylic oxidation sites excluding steroid dienone is 2. The summed E-state index contributed by atoms with van der Waals surface area (Å²) in [5.74, 6) is -2.45. The van der Waals surface area contributed by atoms with Gasteiger partial charge < -0.3 is 0 Å². The maximum absolute atomic E-state index is 15.5. The summed E-state index contributed by atoms with van der Waals surface area (Å²) >= 11 is 0. The Kier molecular flexibility index (Phi) is 9.19. The Morgan fingerprint density at radius 2 is 1.15 bits per heavy atom. The highest BCUT2D eigenvalue weighted by atomic mass is 19.2. The van der Waals surface area contributed by atoms with E-state index in [2.05, 4.69) is 19.1 Å². The summed E-state index contributed by atoms with van der Waals surface area (Å²) in [6, 6.07) is 3.53. The third-order valence-corrected chi connectivity index (χ3v) is 10.0. The second kappa shape index (κ2) is 12.6. The minimum atomic E-state index is -1.00. The summed E-state index contributed by atoms with van der Waals surface area (Å²) in [6.45, 7) is 4.24. The van der Waals surface area contributed by atoms with Gasteiger partial charge in [-0.15, -0.1) is 0 Å². The maximum Gasteiger partial charge on any atom is 0.167 e. The van der Waals surface area contributed by atoms with Crippen molar-refractivity contribution in [3.05, 3.63) is 69.8 Å². The molecule has 2 saturated carbocycles. The summed E-state index contributed by atoms with van der Waals surface area (Å²) in [4.78, 5) is 0. The van der Waals surface area contributed by atoms with Crippen LogP contribution in [0.25, 0.3) is 11.1 Å². The fraction of sp³-hybridized carbons (Fsp3) is 0.600. The molecule has 0 heterocycles. The van der Waals surface area contributed by atoms with Crippen LogP contribution >= 0.6 is 0 Å². The van der Waals surface area contributed by atoms with Gasteiger partial charge in [-0.1, -0.05) is 56.9 Å². The highest BCUT2D eigenvalue weighted by Crippen LogP contribution is 2.48. The van der Waals surface area contributed by atoms with Crippen molar-refractivity contribution in [2.45, 2.75) is 122 Å². The van der Waals surface area contributed by atoms with E-state index in [4.69, 9.17) is 0 Å². The van der Waals surface area contributed by atoms with E-state index in [9.17, 15) is 0 Å². The van der Waals surface area contributed by atoms with E-state index in [-0.39, 0.29) is 23.0 Å². The number of rotatable bonds is 9. The summed E-state index contributed by atoms with van der Waals surface area (Å²) in [6.07, 6.45) is 19.3. The number of unbranched alkanes of at least 4 members (excludes halogenated alkanes) is 2. The zero-order valence-corrected chi connectivity index (χ0v) is 23.7. The molecule has 0 radical (unpaired) electrons. The molecule has 0 aliphatic heterocycles. The van der Waals surface area contributed by atoms with Crippen LogP contribution in [0.4, 0.5) is 17.6 Å². The molecular weight excluding hydrogens is 496 g/mol. The fourth-order valence-electron chi connectivity index (χ4n) is 7.73. The largest absolute Gasteiger partial charge is 0.203 e. The molecule has 5 rings (SSSR count). The fourth-order valence-corrected chi connectivity index (χ4v) is 7.73. The molecule has 0 nitrogen and oxygen atoms in total. The number of fused-ring (bicyclic) bond motifs is 3. The van der Waals surface area contributed by atoms with Gasteiger partial charge in [0.15, 0.2) is 23.3 Å². The Morgan fingerprint density at radius 1 is 0.667 bits per heavy atom. The second-order valence-corrected chi connectivity index (χ2v) is 12.5. The average molecular weight is 541 g/mol. The normalized spacial score (nSPS) is 24.8. The first-order valence-corrected chi connectivity index (χ1v) is 15.6. The SMILES string of the molecule is C/C=C/CCC1CCC(c2cc3c(c(F)c2F)-c2c(cc(C4CCC(CCCCC)CC4)c(F)c2F)C3)CC1. The number of hydrogen-bond acceptors (Lipinski definition) is 0. The van der Waals surface area contributed by atoms with E-state index in [1.54, 1.807) is 12.1 Å². The van der Waals surface area contributed by atoms with Gasteiger partial charge in [0.25, 0.3) is 0 Å². The molecule has 212 valence electrons. The highest BCUT2D eigenvalue weighted by Gasteiger charge is 2.35. The molecule has 39 heavy (non-hydrogen) atoms. The van der Waals surface area contributed by atoms with Crippen LogP contribution in [0.3, 0.4) is 0 Å². The van der Waals surface area contributed by atoms with Crippen LogP contribution in [-0.2, 0) is 6.42 Å². The van der Waals surface area contributed by atoms with Gasteiger partial charge in [0.2, 0.25) is 0 Å². The third-order valence-electron chi connectivity index (χ3n) is 10.0. The third kappa shape index (κ3) is 5.86. The Morgan fingerprint density at radius 3 is 1.62 bits per heavy atom. The Bertz CT molecular complexity index is 1180. The lowest BCUT2D eigenvalue weighted by Crippen LogP contribution is -2.15. The van der Waals surface area contributed by atoms with E-state index in [0.29, 0.717) is 40.5 Å². The zero-order valence-electron chi connectivity index (χ0n) is 23.7. The standard InChI is InChI=1S/C35H44F4/c1-3-5-7-9-22-11-15-24(16-12-22)28-20-26-19-27-21-29(25-17-13-23(14-18-25)10-8-6-4-2)33(37)35(39)31(27)30(26)34(38)32(28)36/h3,5,20-25H,4,6-19H2,1-2H3/b5-3+. The van der Waals surface area contributed by atoms with E-state index < -0.39 is 23.3 Å². The molecule has 3 aliphatic carbocycles. The first kappa shape index (κ1) is 28.4. The van der Waals surface area contributed by atoms with Gasteiger partial charge in [-0.3, -0.25) is 0 Å². The lowest BCUT2D eigenvalue weighted by atomic mass is 9.76. The van der Waals surface area contributed by atoms with Crippen molar-refractivity contribution >= 4 is 0 Å². The van der Waals surface area contributed by atoms with Crippen LogP contribution < -0.4 is 0 Å². The molecule has 0 N–H and O–H groups in total. The van der Waals surface area contributed by atoms with Gasteiger partial charge in [-0.05, 0) is 123 Å². The zero-order chi connectivity index (χ0) is 27.5. The van der Waals surface area contributed by atoms with E-state index in [0.717, 1.165) is 64.2 Å². The second-order valence-electron chi connectivity index (χ2n) is 12.5. The van der Waals surface area contributed by atoms with Crippen LogP contribution in [0.5, 0.6) is 0 Å². The molecule has 0 unspecified atom stereocenters. The summed E-state index contributed by atoms with van der Waals surface area (Å²) in [5, 5.41) is 0. The first-order valence-electron chi connectivity index (χ1n) is 15.6. The van der Waals surface area contributed by atoms with Crippen LogP contribution in [0.1, 0.15) is 138 Å². The topological polar surface area (TPSA) is 0 Å². The number of hydrogen-bond donors (Lipinski definition) is 0. The van der Waals surface area contributed by atoms with E-state index in [1.807, 2.05) is 6.92 Å². The van der Waals surface area contributed by atoms with Gasteiger partial charge in [0.05, 0.1) is 0 Å². The molecule has 0 amide bonds. The Balaban J connectivity index is 1.33. The molecule has 2 aromatic rings. The smallest absolute Gasteiger partial charge is 0.167 e. The molecule has 0 spiro atoms. The van der Waals surface area contributed by atoms with Gasteiger partial charge in [-0.25, -0.2) is 17.6 Å². The monoisotopic (exact) mass is 540 g/mol. The van der Waals surface area contributed by atoms with Crippen molar-refractivity contribution < 1.29 is 17.6 Å². The average Bonchev–Trinajstić information content (AvgIpc) is 3.32. The number of benzene rings is 2. The van der Waals surface area contributed by atoms with Crippen molar-refractivity contribution in [2.24, 2.45) is 11.8 Å². The Labute approximate surface area is 232 Å². The van der Waals surface area contributed by atoms with Crippen molar-refractivity contribution in [2.75, 3.05) is 0 Å². The molecule has 4 heteroatoms. The van der Waals surface area contributed by atoms with Crippen LogP contribution in [0.2, 0.25) is 0 Å². The molecule has 2 aromatic carbocycles. The van der Waals surface area contributed by atoms with Gasteiger partial charge in [0.1, 0.15) is 0 Å². The van der Waals surface area contributed by atoms with Crippen molar-refractivity contribution in [3.8, 4) is 11.1 Å². The van der Waals surface area contributed by atoms with Crippen molar-refractivity contribution in [1.29, 1.82) is 0 Å².